The minimum absolute atomic E-state index is 0.0263. The Kier molecular flexibility index (Phi) is 5.76. The Bertz CT molecular complexity index is 1850. The normalized spacial score (nSPS) is 11.5. The van der Waals surface area contributed by atoms with Gasteiger partial charge in [-0.25, -0.2) is 9.97 Å². The topological polar surface area (TPSA) is 142 Å². The molecule has 3 N–H and O–H groups in total. The molecular formula is C27H22N8O2S. The summed E-state index contributed by atoms with van der Waals surface area (Å²) in [6, 6.07) is 7.57. The van der Waals surface area contributed by atoms with E-state index in [1.807, 2.05) is 38.1 Å². The van der Waals surface area contributed by atoms with Crippen molar-refractivity contribution in [2.24, 2.45) is 5.92 Å². The van der Waals surface area contributed by atoms with Crippen molar-refractivity contribution < 1.29 is 9.59 Å². The Labute approximate surface area is 220 Å². The Morgan fingerprint density at radius 3 is 2.61 bits per heavy atom. The van der Waals surface area contributed by atoms with E-state index in [0.29, 0.717) is 27.7 Å². The van der Waals surface area contributed by atoms with Gasteiger partial charge in [-0.05, 0) is 31.2 Å². The van der Waals surface area contributed by atoms with E-state index >= 15 is 0 Å². The predicted octanol–water partition coefficient (Wildman–Crippen LogP) is 5.48. The van der Waals surface area contributed by atoms with Crippen molar-refractivity contribution in [3.05, 3.63) is 60.1 Å². The molecule has 6 aromatic rings. The lowest BCUT2D eigenvalue weighted by atomic mass is 10.1. The van der Waals surface area contributed by atoms with E-state index in [2.05, 4.69) is 35.5 Å². The Balaban J connectivity index is 1.40. The maximum Gasteiger partial charge on any atom is 0.226 e. The number of pyridine rings is 3. The molecule has 0 bridgehead atoms. The molecule has 0 aliphatic heterocycles. The molecule has 1 amide bonds. The molecular weight excluding hydrogens is 500 g/mol. The number of carbonyl (C=O) groups excluding carboxylic acids is 2. The summed E-state index contributed by atoms with van der Waals surface area (Å²) in [5.41, 5.74) is 5.82. The maximum absolute atomic E-state index is 12.1. The smallest absolute Gasteiger partial charge is 0.226 e. The van der Waals surface area contributed by atoms with E-state index in [4.69, 9.17) is 4.98 Å². The third-order valence-corrected chi connectivity index (χ3v) is 7.34. The molecule has 11 heteroatoms. The number of nitrogens with zero attached hydrogens (tertiary/aromatic N) is 5. The summed E-state index contributed by atoms with van der Waals surface area (Å²) >= 11 is 1.42. The van der Waals surface area contributed by atoms with Crippen LogP contribution in [0, 0.1) is 5.92 Å². The lowest BCUT2D eigenvalue weighted by Crippen LogP contribution is -2.17. The van der Waals surface area contributed by atoms with Gasteiger partial charge in [0.15, 0.2) is 17.3 Å². The zero-order chi connectivity index (χ0) is 26.4. The largest absolute Gasteiger partial charge is 0.335 e. The highest BCUT2D eigenvalue weighted by atomic mass is 32.1. The first-order chi connectivity index (χ1) is 18.4. The first-order valence-corrected chi connectivity index (χ1v) is 12.7. The molecule has 188 valence electrons. The summed E-state index contributed by atoms with van der Waals surface area (Å²) < 4.78 is 0. The molecule has 0 saturated heterocycles. The summed E-state index contributed by atoms with van der Waals surface area (Å²) in [4.78, 5) is 46.9. The highest BCUT2D eigenvalue weighted by Crippen LogP contribution is 2.35. The number of aromatic nitrogens is 7. The van der Waals surface area contributed by atoms with Crippen molar-refractivity contribution in [1.82, 2.24) is 35.1 Å². The second kappa shape index (κ2) is 9.27. The molecule has 0 spiro atoms. The number of carbonyl (C=O) groups is 2. The van der Waals surface area contributed by atoms with Gasteiger partial charge in [0.1, 0.15) is 11.2 Å². The van der Waals surface area contributed by atoms with Gasteiger partial charge in [-0.2, -0.15) is 5.10 Å². The molecule has 0 saturated carbocycles. The van der Waals surface area contributed by atoms with Crippen LogP contribution >= 0.6 is 11.3 Å². The molecule has 6 aromatic heterocycles. The molecule has 0 radical (unpaired) electrons. The fourth-order valence-electron chi connectivity index (χ4n) is 4.09. The van der Waals surface area contributed by atoms with Gasteiger partial charge in [-0.1, -0.05) is 13.8 Å². The molecule has 0 unspecified atom stereocenters. The number of H-pyrrole nitrogens is 2. The second-order valence-corrected chi connectivity index (χ2v) is 10.3. The monoisotopic (exact) mass is 522 g/mol. The van der Waals surface area contributed by atoms with Gasteiger partial charge in [-0.15, -0.1) is 11.3 Å². The van der Waals surface area contributed by atoms with Crippen LogP contribution in [0.25, 0.3) is 55.2 Å². The molecule has 0 aliphatic carbocycles. The van der Waals surface area contributed by atoms with E-state index < -0.39 is 0 Å². The zero-order valence-electron chi connectivity index (χ0n) is 20.7. The molecule has 0 fully saturated rings. The van der Waals surface area contributed by atoms with E-state index in [9.17, 15) is 9.59 Å². The first-order valence-electron chi connectivity index (χ1n) is 11.9. The van der Waals surface area contributed by atoms with Gasteiger partial charge in [0.05, 0.1) is 33.9 Å². The van der Waals surface area contributed by atoms with Crippen LogP contribution in [-0.2, 0) is 4.79 Å². The highest BCUT2D eigenvalue weighted by Gasteiger charge is 2.18. The number of hydrogen-bond acceptors (Lipinski definition) is 8. The summed E-state index contributed by atoms with van der Waals surface area (Å²) in [5.74, 6) is 0.381. The number of amides is 1. The Morgan fingerprint density at radius 2 is 1.82 bits per heavy atom. The van der Waals surface area contributed by atoms with Gasteiger partial charge < -0.3 is 10.3 Å². The molecule has 10 nitrogen and oxygen atoms in total. The first kappa shape index (κ1) is 23.6. The van der Waals surface area contributed by atoms with Gasteiger partial charge in [0, 0.05) is 46.1 Å². The van der Waals surface area contributed by atoms with Crippen molar-refractivity contribution in [3.8, 4) is 33.1 Å². The average Bonchev–Trinajstić information content (AvgIpc) is 3.66. The van der Waals surface area contributed by atoms with Gasteiger partial charge in [0.25, 0.3) is 0 Å². The van der Waals surface area contributed by atoms with Crippen LogP contribution in [0.2, 0.25) is 0 Å². The minimum atomic E-state index is -0.138. The van der Waals surface area contributed by atoms with Crippen LogP contribution < -0.4 is 5.32 Å². The summed E-state index contributed by atoms with van der Waals surface area (Å²) in [5, 5.41) is 11.1. The van der Waals surface area contributed by atoms with Crippen LogP contribution in [0.3, 0.4) is 0 Å². The van der Waals surface area contributed by atoms with Crippen molar-refractivity contribution in [2.45, 2.75) is 20.8 Å². The number of fused-ring (bicyclic) bond motifs is 2. The molecule has 6 heterocycles. The summed E-state index contributed by atoms with van der Waals surface area (Å²) in [6.07, 6.45) is 8.55. The van der Waals surface area contributed by atoms with Crippen molar-refractivity contribution >= 4 is 50.8 Å². The molecule has 6 rings (SSSR count). The fourth-order valence-corrected chi connectivity index (χ4v) is 5.00. The second-order valence-electron chi connectivity index (χ2n) is 9.19. The average molecular weight is 523 g/mol. The minimum Gasteiger partial charge on any atom is -0.335 e. The van der Waals surface area contributed by atoms with Crippen LogP contribution in [0.15, 0.2) is 55.2 Å². The Morgan fingerprint density at radius 1 is 1.00 bits per heavy atom. The van der Waals surface area contributed by atoms with E-state index in [1.54, 1.807) is 37.9 Å². The summed E-state index contributed by atoms with van der Waals surface area (Å²) in [7, 11) is 0. The van der Waals surface area contributed by atoms with Crippen molar-refractivity contribution in [3.63, 3.8) is 0 Å². The van der Waals surface area contributed by atoms with Gasteiger partial charge in [0.2, 0.25) is 5.91 Å². The third kappa shape index (κ3) is 4.22. The number of Topliss-reactive ketones (excluding diaryl/α,β-unsaturated/α-hetero) is 1. The van der Waals surface area contributed by atoms with Crippen molar-refractivity contribution in [1.29, 1.82) is 0 Å². The number of aromatic amines is 2. The SMILES string of the molecule is CC(=O)c1ccc(-c2cncc3[nH]c(-c4n[nH]c5ncc(-c6cncc(NC(=O)C(C)C)c6)cc45)nc23)s1. The lowest BCUT2D eigenvalue weighted by molar-refractivity contribution is -0.118. The van der Waals surface area contributed by atoms with Crippen molar-refractivity contribution in [2.75, 3.05) is 5.32 Å². The number of hydrogen-bond donors (Lipinski definition) is 3. The number of rotatable bonds is 6. The van der Waals surface area contributed by atoms with Crippen LogP contribution in [0.5, 0.6) is 0 Å². The van der Waals surface area contributed by atoms with Gasteiger partial charge >= 0.3 is 0 Å². The third-order valence-electron chi connectivity index (χ3n) is 6.12. The molecule has 38 heavy (non-hydrogen) atoms. The molecule has 0 atom stereocenters. The number of nitrogens with one attached hydrogen (secondary N) is 3. The quantitative estimate of drug-likeness (QED) is 0.246. The summed E-state index contributed by atoms with van der Waals surface area (Å²) in [6.45, 7) is 5.23. The molecule has 0 aliphatic rings. The number of imidazole rings is 1. The number of ketones is 1. The number of anilines is 1. The van der Waals surface area contributed by atoms with E-state index in [0.717, 1.165) is 38.0 Å². The number of thiophene rings is 1. The fraction of sp³-hybridized carbons (Fsp3) is 0.148. The Hall–Kier alpha value is -4.77. The van der Waals surface area contributed by atoms with E-state index in [1.165, 1.54) is 11.3 Å². The van der Waals surface area contributed by atoms with Crippen LogP contribution in [-0.4, -0.2) is 46.8 Å². The van der Waals surface area contributed by atoms with Crippen LogP contribution in [0.4, 0.5) is 5.69 Å². The lowest BCUT2D eigenvalue weighted by Gasteiger charge is -2.09. The molecule has 0 aromatic carbocycles. The highest BCUT2D eigenvalue weighted by molar-refractivity contribution is 7.17. The van der Waals surface area contributed by atoms with E-state index in [-0.39, 0.29) is 17.6 Å². The predicted molar refractivity (Wildman–Crippen MR) is 147 cm³/mol. The van der Waals surface area contributed by atoms with Crippen LogP contribution in [0.1, 0.15) is 30.4 Å². The van der Waals surface area contributed by atoms with Gasteiger partial charge in [-0.3, -0.25) is 24.7 Å². The standard InChI is InChI=1S/C27H22N8O2S/c1-13(2)27(37)31-17-6-15(8-28-10-17)16-7-18-24(34-35-25(18)30-9-16)26-32-20-12-29-11-19(23(20)33-26)22-5-4-21(38-22)14(3)36/h4-13H,1-3H3,(H,31,37)(H,32,33)(H,30,34,35). The maximum atomic E-state index is 12.1. The zero-order valence-corrected chi connectivity index (χ0v) is 21.6.